The first kappa shape index (κ1) is 18.7. The Morgan fingerprint density at radius 1 is 1.12 bits per heavy atom. The Morgan fingerprint density at radius 2 is 1.75 bits per heavy atom. The lowest BCUT2D eigenvalue weighted by Gasteiger charge is -2.35. The number of nitrogens with zero attached hydrogens (tertiary/aromatic N) is 3. The minimum Gasteiger partial charge on any atom is -0.339 e. The predicted octanol–water partition coefficient (Wildman–Crippen LogP) is 1.18. The number of likely N-dealkylation sites (N-methyl/N-ethyl adjacent to an activating group) is 1. The largest absolute Gasteiger partial charge is 0.339 e. The van der Waals surface area contributed by atoms with Crippen LogP contribution in [0.3, 0.4) is 0 Å². The van der Waals surface area contributed by atoms with E-state index in [-0.39, 0.29) is 12.5 Å². The van der Waals surface area contributed by atoms with Gasteiger partial charge in [-0.2, -0.15) is 0 Å². The second-order valence-electron chi connectivity index (χ2n) is 6.07. The Balaban J connectivity index is 2.17. The zero-order valence-corrected chi connectivity index (χ0v) is 15.6. The maximum atomic E-state index is 12.6. The van der Waals surface area contributed by atoms with E-state index < -0.39 is 10.0 Å². The van der Waals surface area contributed by atoms with Crippen molar-refractivity contribution in [1.29, 1.82) is 0 Å². The first-order valence-electron chi connectivity index (χ1n) is 8.42. The molecule has 0 unspecified atom stereocenters. The van der Waals surface area contributed by atoms with Crippen LogP contribution in [0.15, 0.2) is 24.3 Å². The summed E-state index contributed by atoms with van der Waals surface area (Å²) in [6.45, 7) is 7.90. The average Bonchev–Trinajstić information content (AvgIpc) is 2.58. The number of amides is 1. The molecule has 0 aromatic heterocycles. The first-order chi connectivity index (χ1) is 11.4. The van der Waals surface area contributed by atoms with Crippen LogP contribution in [0.1, 0.15) is 19.4 Å². The fraction of sp³-hybridized carbons (Fsp3) is 0.588. The number of sulfonamides is 1. The summed E-state index contributed by atoms with van der Waals surface area (Å²) in [5.41, 5.74) is 1.52. The van der Waals surface area contributed by atoms with Crippen LogP contribution in [-0.2, 0) is 21.2 Å². The minimum atomic E-state index is -3.52. The smallest absolute Gasteiger partial charge is 0.243 e. The number of hydrogen-bond donors (Lipinski definition) is 0. The second kappa shape index (κ2) is 7.98. The van der Waals surface area contributed by atoms with E-state index in [4.69, 9.17) is 0 Å². The van der Waals surface area contributed by atoms with E-state index in [0.29, 0.717) is 25.2 Å². The molecule has 0 bridgehead atoms. The number of benzene rings is 1. The Kier molecular flexibility index (Phi) is 6.23. The lowest BCUT2D eigenvalue weighted by molar-refractivity contribution is -0.131. The Bertz CT molecular complexity index is 667. The van der Waals surface area contributed by atoms with Crippen LogP contribution in [0.5, 0.6) is 0 Å². The van der Waals surface area contributed by atoms with Gasteiger partial charge in [0.25, 0.3) is 0 Å². The van der Waals surface area contributed by atoms with Gasteiger partial charge in [0.2, 0.25) is 15.9 Å². The van der Waals surface area contributed by atoms with Crippen LogP contribution in [0.2, 0.25) is 0 Å². The van der Waals surface area contributed by atoms with Gasteiger partial charge in [0, 0.05) is 26.2 Å². The molecule has 7 heteroatoms. The highest BCUT2D eigenvalue weighted by Crippen LogP contribution is 2.23. The first-order valence-corrected chi connectivity index (χ1v) is 10.3. The molecule has 1 amide bonds. The summed E-state index contributed by atoms with van der Waals surface area (Å²) >= 11 is 0. The van der Waals surface area contributed by atoms with Crippen LogP contribution in [-0.4, -0.2) is 69.6 Å². The number of carbonyl (C=O) groups is 1. The fourth-order valence-electron chi connectivity index (χ4n) is 2.97. The Labute approximate surface area is 145 Å². The van der Waals surface area contributed by atoms with E-state index in [1.54, 1.807) is 17.0 Å². The molecule has 134 valence electrons. The molecule has 2 rings (SSSR count). The van der Waals surface area contributed by atoms with Crippen molar-refractivity contribution < 1.29 is 13.2 Å². The summed E-state index contributed by atoms with van der Waals surface area (Å²) in [5.74, 6) is -0.137. The summed E-state index contributed by atoms with van der Waals surface area (Å²) in [5, 5.41) is 0. The van der Waals surface area contributed by atoms with E-state index in [0.717, 1.165) is 31.5 Å². The molecule has 0 radical (unpaired) electrons. The zero-order chi connectivity index (χ0) is 17.7. The molecule has 0 spiro atoms. The van der Waals surface area contributed by atoms with Gasteiger partial charge in [-0.05, 0) is 24.6 Å². The third kappa shape index (κ3) is 4.48. The van der Waals surface area contributed by atoms with E-state index in [2.05, 4.69) is 11.8 Å². The van der Waals surface area contributed by atoms with Crippen LogP contribution in [0, 0.1) is 0 Å². The van der Waals surface area contributed by atoms with Crippen molar-refractivity contribution in [2.45, 2.75) is 20.3 Å². The molecule has 1 aliphatic heterocycles. The van der Waals surface area contributed by atoms with Crippen molar-refractivity contribution in [2.75, 3.05) is 49.8 Å². The van der Waals surface area contributed by atoms with Crippen LogP contribution in [0.4, 0.5) is 5.69 Å². The van der Waals surface area contributed by atoms with Crippen molar-refractivity contribution >= 4 is 21.6 Å². The van der Waals surface area contributed by atoms with E-state index in [1.165, 1.54) is 4.31 Å². The third-order valence-corrected chi connectivity index (χ3v) is 5.62. The highest BCUT2D eigenvalue weighted by molar-refractivity contribution is 7.92. The van der Waals surface area contributed by atoms with Crippen molar-refractivity contribution in [3.8, 4) is 0 Å². The van der Waals surface area contributed by atoms with Crippen molar-refractivity contribution in [2.24, 2.45) is 0 Å². The second-order valence-corrected chi connectivity index (χ2v) is 7.97. The van der Waals surface area contributed by atoms with Crippen LogP contribution < -0.4 is 4.31 Å². The summed E-state index contributed by atoms with van der Waals surface area (Å²) in [4.78, 5) is 16.7. The van der Waals surface area contributed by atoms with Gasteiger partial charge in [0.15, 0.2) is 0 Å². The Hall–Kier alpha value is -1.60. The molecule has 1 aromatic rings. The lowest BCUT2D eigenvalue weighted by atomic mass is 10.1. The lowest BCUT2D eigenvalue weighted by Crippen LogP contribution is -2.51. The number of hydrogen-bond acceptors (Lipinski definition) is 4. The summed E-state index contributed by atoms with van der Waals surface area (Å²) in [6, 6.07) is 7.35. The molecule has 1 fully saturated rings. The monoisotopic (exact) mass is 353 g/mol. The third-order valence-electron chi connectivity index (χ3n) is 4.49. The normalized spacial score (nSPS) is 16.2. The van der Waals surface area contributed by atoms with Crippen molar-refractivity contribution in [3.05, 3.63) is 29.8 Å². The SMILES string of the molecule is CCc1ccccc1N(CC(=O)N1CCN(CC)CC1)S(C)(=O)=O. The van der Waals surface area contributed by atoms with Crippen molar-refractivity contribution in [3.63, 3.8) is 0 Å². The van der Waals surface area contributed by atoms with Crippen LogP contribution >= 0.6 is 0 Å². The number of piperazine rings is 1. The number of carbonyl (C=O) groups excluding carboxylic acids is 1. The molecule has 0 saturated carbocycles. The maximum absolute atomic E-state index is 12.6. The van der Waals surface area contributed by atoms with Gasteiger partial charge >= 0.3 is 0 Å². The number of anilines is 1. The number of rotatable bonds is 6. The van der Waals surface area contributed by atoms with E-state index in [1.807, 2.05) is 19.1 Å². The molecule has 1 saturated heterocycles. The average molecular weight is 353 g/mol. The standard InChI is InChI=1S/C17H27N3O3S/c1-4-15-8-6-7-9-16(15)20(24(3,22)23)14-17(21)19-12-10-18(5-2)11-13-19/h6-9H,4-5,10-14H2,1-3H3. The zero-order valence-electron chi connectivity index (χ0n) is 14.7. The molecule has 1 heterocycles. The summed E-state index contributed by atoms with van der Waals surface area (Å²) < 4.78 is 25.8. The van der Waals surface area contributed by atoms with Gasteiger partial charge in [-0.3, -0.25) is 9.10 Å². The molecule has 0 N–H and O–H groups in total. The van der Waals surface area contributed by atoms with Gasteiger partial charge in [-0.1, -0.05) is 32.0 Å². The number of para-hydroxylation sites is 1. The van der Waals surface area contributed by atoms with Gasteiger partial charge in [0.1, 0.15) is 6.54 Å². The van der Waals surface area contributed by atoms with Gasteiger partial charge in [-0.15, -0.1) is 0 Å². The van der Waals surface area contributed by atoms with Crippen LogP contribution in [0.25, 0.3) is 0 Å². The molecular weight excluding hydrogens is 326 g/mol. The molecule has 6 nitrogen and oxygen atoms in total. The van der Waals surface area contributed by atoms with Gasteiger partial charge < -0.3 is 9.80 Å². The Morgan fingerprint density at radius 3 is 2.29 bits per heavy atom. The summed E-state index contributed by atoms with van der Waals surface area (Å²) in [7, 11) is -3.52. The quantitative estimate of drug-likeness (QED) is 0.770. The van der Waals surface area contributed by atoms with E-state index in [9.17, 15) is 13.2 Å². The van der Waals surface area contributed by atoms with Gasteiger partial charge in [0.05, 0.1) is 11.9 Å². The highest BCUT2D eigenvalue weighted by atomic mass is 32.2. The topological polar surface area (TPSA) is 60.9 Å². The minimum absolute atomic E-state index is 0.137. The highest BCUT2D eigenvalue weighted by Gasteiger charge is 2.27. The van der Waals surface area contributed by atoms with Crippen molar-refractivity contribution in [1.82, 2.24) is 9.80 Å². The molecule has 0 aliphatic carbocycles. The van der Waals surface area contributed by atoms with Gasteiger partial charge in [-0.25, -0.2) is 8.42 Å². The molecular formula is C17H27N3O3S. The molecule has 0 atom stereocenters. The number of aryl methyl sites for hydroxylation is 1. The predicted molar refractivity (Wildman–Crippen MR) is 96.7 cm³/mol. The summed E-state index contributed by atoms with van der Waals surface area (Å²) in [6.07, 6.45) is 1.87. The maximum Gasteiger partial charge on any atom is 0.243 e. The molecule has 24 heavy (non-hydrogen) atoms. The fourth-order valence-corrected chi connectivity index (χ4v) is 3.85. The molecule has 1 aromatic carbocycles. The van der Waals surface area contributed by atoms with E-state index >= 15 is 0 Å². The molecule has 1 aliphatic rings.